The Labute approximate surface area is 97.8 Å². The summed E-state index contributed by atoms with van der Waals surface area (Å²) in [7, 11) is 1.23. The molecule has 1 aromatic rings. The van der Waals surface area contributed by atoms with E-state index >= 15 is 0 Å². The number of aromatic nitrogens is 1. The molecule has 0 saturated carbocycles. The largest absolute Gasteiger partial charge is 0.453 e. The van der Waals surface area contributed by atoms with Gasteiger partial charge in [-0.3, -0.25) is 4.98 Å². The molecule has 1 amide bonds. The van der Waals surface area contributed by atoms with Gasteiger partial charge < -0.3 is 10.1 Å². The zero-order valence-corrected chi connectivity index (χ0v) is 9.93. The van der Waals surface area contributed by atoms with Crippen LogP contribution in [0.3, 0.4) is 0 Å². The predicted molar refractivity (Wildman–Crippen MR) is 57.8 cm³/mol. The van der Waals surface area contributed by atoms with Crippen LogP contribution < -0.4 is 5.32 Å². The van der Waals surface area contributed by atoms with Gasteiger partial charge in [-0.2, -0.15) is 0 Å². The molecule has 0 bridgehead atoms. The third kappa shape index (κ3) is 2.82. The normalized spacial score (nSPS) is 11.1. The van der Waals surface area contributed by atoms with Gasteiger partial charge >= 0.3 is 6.09 Å². The van der Waals surface area contributed by atoms with Crippen molar-refractivity contribution in [2.45, 2.75) is 19.4 Å². The fourth-order valence-electron chi connectivity index (χ4n) is 1.24. The van der Waals surface area contributed by atoms with E-state index in [1.165, 1.54) is 13.3 Å². The maximum Gasteiger partial charge on any atom is 0.407 e. The van der Waals surface area contributed by atoms with Crippen molar-refractivity contribution in [1.29, 1.82) is 0 Å². The summed E-state index contributed by atoms with van der Waals surface area (Å²) in [6, 6.07) is 1.14. The molecule has 1 N–H and O–H groups in total. The molecule has 16 heavy (non-hydrogen) atoms. The first-order chi connectivity index (χ1) is 7.36. The third-order valence-electron chi connectivity index (χ3n) is 2.00. The smallest absolute Gasteiger partial charge is 0.407 e. The Kier molecular flexibility index (Phi) is 3.70. The highest BCUT2D eigenvalue weighted by Crippen LogP contribution is 2.22. The third-order valence-corrected chi connectivity index (χ3v) is 2.21. The number of carbonyl (C=O) groups excluding carboxylic acids is 1. The lowest BCUT2D eigenvalue weighted by Crippen LogP contribution is -2.42. The predicted octanol–water partition coefficient (Wildman–Crippen LogP) is 2.47. The molecule has 0 aromatic carbocycles. The van der Waals surface area contributed by atoms with Crippen molar-refractivity contribution in [2.24, 2.45) is 0 Å². The van der Waals surface area contributed by atoms with Gasteiger partial charge in [-0.05, 0) is 19.9 Å². The molecule has 0 radical (unpaired) electrons. The molecule has 0 aliphatic heterocycles. The minimum Gasteiger partial charge on any atom is -0.453 e. The summed E-state index contributed by atoms with van der Waals surface area (Å²) in [5.74, 6) is -0.575. The van der Waals surface area contributed by atoms with Gasteiger partial charge in [0, 0.05) is 6.20 Å². The Balaban J connectivity index is 3.02. The molecular weight excluding hydrogens is 235 g/mol. The van der Waals surface area contributed by atoms with Crippen LogP contribution in [-0.4, -0.2) is 18.2 Å². The number of nitrogens with one attached hydrogen (secondary N) is 1. The fraction of sp³-hybridized carbons (Fsp3) is 0.400. The Morgan fingerprint density at radius 2 is 2.25 bits per heavy atom. The zero-order valence-electron chi connectivity index (χ0n) is 9.17. The van der Waals surface area contributed by atoms with Crippen molar-refractivity contribution in [3.8, 4) is 0 Å². The van der Waals surface area contributed by atoms with Crippen molar-refractivity contribution in [3.63, 3.8) is 0 Å². The van der Waals surface area contributed by atoms with E-state index in [-0.39, 0.29) is 10.7 Å². The lowest BCUT2D eigenvalue weighted by atomic mass is 10.00. The van der Waals surface area contributed by atoms with Gasteiger partial charge in [0.1, 0.15) is 11.5 Å². The summed E-state index contributed by atoms with van der Waals surface area (Å²) in [6.45, 7) is 3.23. The summed E-state index contributed by atoms with van der Waals surface area (Å²) in [5, 5.41) is 2.68. The number of nitrogens with zero attached hydrogens (tertiary/aromatic N) is 1. The molecule has 88 valence electrons. The molecule has 0 aliphatic carbocycles. The Morgan fingerprint density at radius 3 is 2.75 bits per heavy atom. The summed E-state index contributed by atoms with van der Waals surface area (Å²) in [5.41, 5.74) is -0.871. The molecule has 0 spiro atoms. The highest BCUT2D eigenvalue weighted by molar-refractivity contribution is 6.30. The average Bonchev–Trinajstić information content (AvgIpc) is 2.16. The first-order valence-corrected chi connectivity index (χ1v) is 4.92. The van der Waals surface area contributed by atoms with Gasteiger partial charge in [0.25, 0.3) is 0 Å². The highest BCUT2D eigenvalue weighted by atomic mass is 35.5. The zero-order chi connectivity index (χ0) is 12.3. The number of halogens is 2. The number of carbonyl (C=O) groups is 1. The molecule has 0 saturated heterocycles. The van der Waals surface area contributed by atoms with Crippen molar-refractivity contribution < 1.29 is 13.9 Å². The minimum absolute atomic E-state index is 0.0994. The van der Waals surface area contributed by atoms with Crippen LogP contribution in [0.5, 0.6) is 0 Å². The van der Waals surface area contributed by atoms with E-state index in [0.717, 1.165) is 6.07 Å². The second kappa shape index (κ2) is 4.65. The molecule has 6 heteroatoms. The van der Waals surface area contributed by atoms with Crippen molar-refractivity contribution in [2.75, 3.05) is 7.11 Å². The van der Waals surface area contributed by atoms with Crippen LogP contribution in [-0.2, 0) is 10.3 Å². The second-order valence-electron chi connectivity index (χ2n) is 3.73. The van der Waals surface area contributed by atoms with Crippen LogP contribution in [0.2, 0.25) is 5.02 Å². The maximum absolute atomic E-state index is 13.6. The van der Waals surface area contributed by atoms with Gasteiger partial charge in [0.15, 0.2) is 0 Å². The van der Waals surface area contributed by atoms with Crippen molar-refractivity contribution in [3.05, 3.63) is 28.8 Å². The van der Waals surface area contributed by atoms with E-state index in [1.54, 1.807) is 13.8 Å². The number of hydrogen-bond acceptors (Lipinski definition) is 3. The number of hydrogen-bond donors (Lipinski definition) is 1. The van der Waals surface area contributed by atoms with Crippen LogP contribution in [0.25, 0.3) is 0 Å². The monoisotopic (exact) mass is 246 g/mol. The van der Waals surface area contributed by atoms with E-state index < -0.39 is 17.4 Å². The molecule has 0 fully saturated rings. The van der Waals surface area contributed by atoms with Gasteiger partial charge in [0.2, 0.25) is 0 Å². The molecule has 0 atom stereocenters. The minimum atomic E-state index is -0.970. The first kappa shape index (κ1) is 12.7. The molecular formula is C10H12ClFN2O2. The Bertz CT molecular complexity index is 410. The van der Waals surface area contributed by atoms with Gasteiger partial charge in [0.05, 0.1) is 17.7 Å². The van der Waals surface area contributed by atoms with E-state index in [4.69, 9.17) is 11.6 Å². The molecule has 1 rings (SSSR count). The molecule has 0 unspecified atom stereocenters. The lowest BCUT2D eigenvalue weighted by Gasteiger charge is -2.25. The fourth-order valence-corrected chi connectivity index (χ4v) is 1.38. The van der Waals surface area contributed by atoms with Crippen molar-refractivity contribution in [1.82, 2.24) is 10.3 Å². The Morgan fingerprint density at radius 1 is 1.62 bits per heavy atom. The summed E-state index contributed by atoms with van der Waals surface area (Å²) >= 11 is 5.59. The van der Waals surface area contributed by atoms with Crippen LogP contribution in [0, 0.1) is 5.82 Å². The molecule has 0 aliphatic rings. The number of rotatable bonds is 2. The molecule has 1 heterocycles. The van der Waals surface area contributed by atoms with E-state index in [0.29, 0.717) is 0 Å². The van der Waals surface area contributed by atoms with E-state index in [9.17, 15) is 9.18 Å². The Hall–Kier alpha value is -1.36. The number of ether oxygens (including phenoxy) is 1. The topological polar surface area (TPSA) is 51.2 Å². The van der Waals surface area contributed by atoms with E-state index in [2.05, 4.69) is 15.0 Å². The number of amides is 1. The van der Waals surface area contributed by atoms with Crippen LogP contribution in [0.1, 0.15) is 19.5 Å². The van der Waals surface area contributed by atoms with Crippen LogP contribution in [0.4, 0.5) is 9.18 Å². The van der Waals surface area contributed by atoms with Gasteiger partial charge in [-0.15, -0.1) is 0 Å². The lowest BCUT2D eigenvalue weighted by molar-refractivity contribution is 0.158. The summed E-state index contributed by atoms with van der Waals surface area (Å²) in [6.07, 6.45) is 0.668. The summed E-state index contributed by atoms with van der Waals surface area (Å²) in [4.78, 5) is 14.9. The van der Waals surface area contributed by atoms with Gasteiger partial charge in [-0.1, -0.05) is 11.6 Å². The highest BCUT2D eigenvalue weighted by Gasteiger charge is 2.28. The molecule has 4 nitrogen and oxygen atoms in total. The van der Waals surface area contributed by atoms with E-state index in [1.807, 2.05) is 0 Å². The van der Waals surface area contributed by atoms with Crippen molar-refractivity contribution >= 4 is 17.7 Å². The van der Waals surface area contributed by atoms with Crippen LogP contribution in [0.15, 0.2) is 12.3 Å². The van der Waals surface area contributed by atoms with Crippen LogP contribution >= 0.6 is 11.6 Å². The second-order valence-corrected chi connectivity index (χ2v) is 4.16. The summed E-state index contributed by atoms with van der Waals surface area (Å²) < 4.78 is 18.0. The average molecular weight is 247 g/mol. The SMILES string of the molecule is COC(=O)NC(C)(C)c1ncc(Cl)cc1F. The number of pyridine rings is 1. The first-order valence-electron chi connectivity index (χ1n) is 4.54. The quantitative estimate of drug-likeness (QED) is 0.872. The maximum atomic E-state index is 13.6. The van der Waals surface area contributed by atoms with Gasteiger partial charge in [-0.25, -0.2) is 9.18 Å². The number of methoxy groups -OCH3 is 1. The standard InChI is InChI=1S/C10H12ClFN2O2/c1-10(2,14-9(15)16-3)8-7(12)4-6(11)5-13-8/h4-5H,1-3H3,(H,14,15). The number of alkyl carbamates (subject to hydrolysis) is 1. The molecule has 1 aromatic heterocycles.